The molecule has 0 heterocycles. The average Bonchev–Trinajstić information content (AvgIpc) is 2.25. The van der Waals surface area contributed by atoms with Crippen LogP contribution in [0.5, 0.6) is 0 Å². The topological polar surface area (TPSA) is 118 Å². The van der Waals surface area contributed by atoms with Gasteiger partial charge in [-0.25, -0.2) is 0 Å². The first-order valence-corrected chi connectivity index (χ1v) is 6.70. The van der Waals surface area contributed by atoms with E-state index in [4.69, 9.17) is 16.0 Å². The van der Waals surface area contributed by atoms with Gasteiger partial charge in [-0.05, 0) is 37.6 Å². The van der Waals surface area contributed by atoms with E-state index in [1.165, 1.54) is 12.1 Å². The Bertz CT molecular complexity index is 474. The quantitative estimate of drug-likeness (QED) is 0.339. The normalized spacial score (nSPS) is 11.4. The lowest BCUT2D eigenvalue weighted by Crippen LogP contribution is -2.09. The Labute approximate surface area is 101 Å². The van der Waals surface area contributed by atoms with Crippen LogP contribution in [-0.2, 0) is 10.1 Å². The monoisotopic (exact) mass is 259 g/mol. The summed E-state index contributed by atoms with van der Waals surface area (Å²) in [6, 6.07) is 4.32. The summed E-state index contributed by atoms with van der Waals surface area (Å²) in [5.74, 6) is 0. The van der Waals surface area contributed by atoms with E-state index < -0.39 is 10.1 Å². The van der Waals surface area contributed by atoms with E-state index in [0.29, 0.717) is 18.8 Å². The van der Waals surface area contributed by atoms with Gasteiger partial charge >= 0.3 is 0 Å². The molecule has 0 saturated heterocycles. The minimum Gasteiger partial charge on any atom is -0.399 e. The molecule has 0 aliphatic rings. The van der Waals surface area contributed by atoms with Gasteiger partial charge in [0.05, 0.1) is 5.69 Å². The van der Waals surface area contributed by atoms with Crippen molar-refractivity contribution in [1.82, 2.24) is 0 Å². The summed E-state index contributed by atoms with van der Waals surface area (Å²) in [5, 5.41) is 2.93. The maximum Gasteiger partial charge on any atom is 0.296 e. The number of nitrogen functional groups attached to an aromatic ring is 1. The molecule has 17 heavy (non-hydrogen) atoms. The molecule has 6 nitrogen and oxygen atoms in total. The number of rotatable bonds is 6. The van der Waals surface area contributed by atoms with Crippen LogP contribution >= 0.6 is 0 Å². The molecule has 0 radical (unpaired) electrons. The molecular formula is C10H17N3O3S. The Hall–Kier alpha value is -1.31. The number of nitrogens with one attached hydrogen (secondary N) is 1. The highest BCUT2D eigenvalue weighted by Crippen LogP contribution is 2.23. The van der Waals surface area contributed by atoms with Crippen molar-refractivity contribution in [2.24, 2.45) is 5.73 Å². The predicted molar refractivity (Wildman–Crippen MR) is 67.4 cm³/mol. The van der Waals surface area contributed by atoms with Crippen molar-refractivity contribution in [3.8, 4) is 0 Å². The Morgan fingerprint density at radius 2 is 2.00 bits per heavy atom. The van der Waals surface area contributed by atoms with E-state index in [9.17, 15) is 8.42 Å². The third-order valence-corrected chi connectivity index (χ3v) is 3.12. The van der Waals surface area contributed by atoms with Gasteiger partial charge in [0.15, 0.2) is 0 Å². The first kappa shape index (κ1) is 13.8. The van der Waals surface area contributed by atoms with Crippen LogP contribution in [0.4, 0.5) is 11.4 Å². The molecule has 6 N–H and O–H groups in total. The maximum atomic E-state index is 11.1. The minimum atomic E-state index is -4.27. The second-order valence-electron chi connectivity index (χ2n) is 3.65. The molecule has 0 bridgehead atoms. The summed E-state index contributed by atoms with van der Waals surface area (Å²) in [4.78, 5) is -0.203. The summed E-state index contributed by atoms with van der Waals surface area (Å²) >= 11 is 0. The second-order valence-corrected chi connectivity index (χ2v) is 5.04. The minimum absolute atomic E-state index is 0.203. The molecule has 7 heteroatoms. The summed E-state index contributed by atoms with van der Waals surface area (Å²) < 4.78 is 31.3. The van der Waals surface area contributed by atoms with Gasteiger partial charge in [0.2, 0.25) is 0 Å². The largest absolute Gasteiger partial charge is 0.399 e. The van der Waals surface area contributed by atoms with Crippen molar-refractivity contribution in [1.29, 1.82) is 0 Å². The van der Waals surface area contributed by atoms with Crippen molar-refractivity contribution in [2.75, 3.05) is 24.1 Å². The van der Waals surface area contributed by atoms with Crippen LogP contribution in [0.25, 0.3) is 0 Å². The molecule has 0 saturated carbocycles. The zero-order valence-electron chi connectivity index (χ0n) is 9.39. The van der Waals surface area contributed by atoms with E-state index in [-0.39, 0.29) is 10.6 Å². The molecule has 1 aromatic rings. The zero-order chi connectivity index (χ0) is 12.9. The van der Waals surface area contributed by atoms with E-state index in [1.54, 1.807) is 6.07 Å². The van der Waals surface area contributed by atoms with Crippen molar-refractivity contribution in [3.05, 3.63) is 18.2 Å². The van der Waals surface area contributed by atoms with Crippen molar-refractivity contribution < 1.29 is 13.0 Å². The Morgan fingerprint density at radius 3 is 2.59 bits per heavy atom. The molecule has 0 aliphatic heterocycles. The van der Waals surface area contributed by atoms with Gasteiger partial charge in [0.25, 0.3) is 10.1 Å². The molecule has 0 unspecified atom stereocenters. The molecule has 96 valence electrons. The summed E-state index contributed by atoms with van der Waals surface area (Å²) in [6.07, 6.45) is 1.68. The highest BCUT2D eigenvalue weighted by atomic mass is 32.2. The molecule has 0 aromatic heterocycles. The third-order valence-electron chi connectivity index (χ3n) is 2.23. The van der Waals surface area contributed by atoms with Gasteiger partial charge in [-0.15, -0.1) is 0 Å². The standard InChI is InChI=1S/C10H17N3O3S/c11-5-1-2-6-13-9-4-3-8(12)7-10(9)17(14,15)16/h3-4,7,13H,1-2,5-6,11-12H2,(H,14,15,16). The fourth-order valence-electron chi connectivity index (χ4n) is 1.39. The van der Waals surface area contributed by atoms with Gasteiger partial charge in [-0.1, -0.05) is 0 Å². The van der Waals surface area contributed by atoms with Gasteiger partial charge in [0.1, 0.15) is 4.90 Å². The number of hydrogen-bond acceptors (Lipinski definition) is 5. The lowest BCUT2D eigenvalue weighted by Gasteiger charge is -2.10. The van der Waals surface area contributed by atoms with Crippen LogP contribution in [0.2, 0.25) is 0 Å². The zero-order valence-corrected chi connectivity index (χ0v) is 10.2. The third kappa shape index (κ3) is 4.22. The number of nitrogens with two attached hydrogens (primary N) is 2. The van der Waals surface area contributed by atoms with Crippen LogP contribution in [0.1, 0.15) is 12.8 Å². The van der Waals surface area contributed by atoms with E-state index in [1.807, 2.05) is 0 Å². The van der Waals surface area contributed by atoms with Crippen LogP contribution in [0, 0.1) is 0 Å². The Morgan fingerprint density at radius 1 is 1.29 bits per heavy atom. The number of hydrogen-bond donors (Lipinski definition) is 4. The van der Waals surface area contributed by atoms with Crippen molar-refractivity contribution >= 4 is 21.5 Å². The predicted octanol–water partition coefficient (Wildman–Crippen LogP) is 0.666. The molecule has 0 spiro atoms. The van der Waals surface area contributed by atoms with Crippen molar-refractivity contribution in [2.45, 2.75) is 17.7 Å². The highest BCUT2D eigenvalue weighted by Gasteiger charge is 2.15. The maximum absolute atomic E-state index is 11.1. The van der Waals surface area contributed by atoms with Crippen LogP contribution in [0.3, 0.4) is 0 Å². The molecule has 1 aromatic carbocycles. The lowest BCUT2D eigenvalue weighted by atomic mass is 10.2. The smallest absolute Gasteiger partial charge is 0.296 e. The summed E-state index contributed by atoms with van der Waals surface area (Å²) in [6.45, 7) is 1.18. The first-order chi connectivity index (χ1) is 7.95. The van der Waals surface area contributed by atoms with Gasteiger partial charge < -0.3 is 16.8 Å². The number of anilines is 2. The van der Waals surface area contributed by atoms with Crippen molar-refractivity contribution in [3.63, 3.8) is 0 Å². The van der Waals surface area contributed by atoms with Gasteiger partial charge in [-0.3, -0.25) is 4.55 Å². The number of unbranched alkanes of at least 4 members (excludes halogenated alkanes) is 1. The first-order valence-electron chi connectivity index (χ1n) is 5.26. The highest BCUT2D eigenvalue weighted by molar-refractivity contribution is 7.86. The molecular weight excluding hydrogens is 242 g/mol. The summed E-state index contributed by atoms with van der Waals surface area (Å²) in [7, 11) is -4.27. The van der Waals surface area contributed by atoms with Gasteiger partial charge in [0, 0.05) is 12.2 Å². The fraction of sp³-hybridized carbons (Fsp3) is 0.400. The summed E-state index contributed by atoms with van der Waals surface area (Å²) in [5.41, 5.74) is 11.5. The molecule has 0 fully saturated rings. The second kappa shape index (κ2) is 5.85. The van der Waals surface area contributed by atoms with Gasteiger partial charge in [-0.2, -0.15) is 8.42 Å². The van der Waals surface area contributed by atoms with E-state index >= 15 is 0 Å². The Balaban J connectivity index is 2.84. The number of benzene rings is 1. The SMILES string of the molecule is NCCCCNc1ccc(N)cc1S(=O)(=O)O. The van der Waals surface area contributed by atoms with E-state index in [2.05, 4.69) is 5.32 Å². The van der Waals surface area contributed by atoms with Crippen LogP contribution in [0.15, 0.2) is 23.1 Å². The average molecular weight is 259 g/mol. The molecule has 0 atom stereocenters. The van der Waals surface area contributed by atoms with E-state index in [0.717, 1.165) is 12.8 Å². The van der Waals surface area contributed by atoms with Crippen LogP contribution in [-0.4, -0.2) is 26.1 Å². The fourth-order valence-corrected chi connectivity index (χ4v) is 2.09. The molecule has 0 amide bonds. The van der Waals surface area contributed by atoms with Crippen LogP contribution < -0.4 is 16.8 Å². The molecule has 1 rings (SSSR count). The lowest BCUT2D eigenvalue weighted by molar-refractivity contribution is 0.483. The Kier molecular flexibility index (Phi) is 4.73. The molecule has 0 aliphatic carbocycles.